The second kappa shape index (κ2) is 5.74. The van der Waals surface area contributed by atoms with E-state index in [-0.39, 0.29) is 5.78 Å². The van der Waals surface area contributed by atoms with Crippen LogP contribution in [0, 0.1) is 6.92 Å². The molecule has 0 radical (unpaired) electrons. The van der Waals surface area contributed by atoms with Gasteiger partial charge in [0.2, 0.25) is 0 Å². The van der Waals surface area contributed by atoms with Crippen molar-refractivity contribution in [1.29, 1.82) is 0 Å². The van der Waals surface area contributed by atoms with E-state index in [9.17, 15) is 4.79 Å². The van der Waals surface area contributed by atoms with Gasteiger partial charge in [-0.05, 0) is 25.1 Å². The molecule has 0 N–H and O–H groups in total. The van der Waals surface area contributed by atoms with Crippen molar-refractivity contribution >= 4 is 27.9 Å². The lowest BCUT2D eigenvalue weighted by molar-refractivity contribution is -0.568. The van der Waals surface area contributed by atoms with Gasteiger partial charge in [0.1, 0.15) is 0 Å². The van der Waals surface area contributed by atoms with Crippen LogP contribution in [0.15, 0.2) is 59.3 Å². The number of nitrogens with zero attached hydrogens (tertiary/aromatic N) is 1. The van der Waals surface area contributed by atoms with Gasteiger partial charge in [0.15, 0.2) is 24.4 Å². The first kappa shape index (κ1) is 12.7. The number of benzene rings is 1. The number of rotatable bonds is 3. The van der Waals surface area contributed by atoms with Crippen LogP contribution in [0.2, 0.25) is 0 Å². The molecule has 0 atom stereocenters. The van der Waals surface area contributed by atoms with Crippen molar-refractivity contribution in [3.05, 3.63) is 70.5 Å². The zero-order valence-corrected chi connectivity index (χ0v) is 11.6. The van der Waals surface area contributed by atoms with E-state index in [1.807, 2.05) is 54.2 Å². The predicted octanol–water partition coefficient (Wildman–Crippen LogP) is 3.40. The van der Waals surface area contributed by atoms with Crippen LogP contribution < -0.4 is 4.57 Å². The lowest BCUT2D eigenvalue weighted by atomic mass is 10.1. The lowest BCUT2D eigenvalue weighted by Gasteiger charge is -1.95. The summed E-state index contributed by atoms with van der Waals surface area (Å²) in [4.78, 5) is 11.9. The predicted molar refractivity (Wildman–Crippen MR) is 75.2 cm³/mol. The van der Waals surface area contributed by atoms with Gasteiger partial charge >= 0.3 is 0 Å². The highest BCUT2D eigenvalue weighted by Gasteiger charge is 2.03. The number of hydrogen-bond acceptors (Lipinski definition) is 1. The Bertz CT molecular complexity index is 605. The van der Waals surface area contributed by atoms with Crippen molar-refractivity contribution in [2.45, 2.75) is 6.92 Å². The Hall–Kier alpha value is -1.74. The van der Waals surface area contributed by atoms with E-state index in [2.05, 4.69) is 15.9 Å². The third kappa shape index (κ3) is 3.37. The fourth-order valence-corrected chi connectivity index (χ4v) is 2.00. The fraction of sp³-hybridized carbons (Fsp3) is 0.0667. The Morgan fingerprint density at radius 3 is 2.83 bits per heavy atom. The summed E-state index contributed by atoms with van der Waals surface area (Å²) in [6, 6.07) is 11.3. The summed E-state index contributed by atoms with van der Waals surface area (Å²) in [7, 11) is 0. The molecule has 0 saturated carbocycles. The first-order valence-electron chi connectivity index (χ1n) is 5.61. The number of aryl methyl sites for hydroxylation is 1. The molecule has 2 aromatic rings. The van der Waals surface area contributed by atoms with E-state index in [4.69, 9.17) is 0 Å². The topological polar surface area (TPSA) is 20.9 Å². The molecule has 0 fully saturated rings. The average molecular weight is 303 g/mol. The average Bonchev–Trinajstić information content (AvgIpc) is 2.36. The molecule has 0 unspecified atom stereocenters. The number of carbonyl (C=O) groups excluding carboxylic acids is 1. The monoisotopic (exact) mass is 302 g/mol. The van der Waals surface area contributed by atoms with Crippen LogP contribution in [0.25, 0.3) is 6.20 Å². The van der Waals surface area contributed by atoms with Gasteiger partial charge in [-0.2, -0.15) is 4.57 Å². The summed E-state index contributed by atoms with van der Waals surface area (Å²) >= 11 is 3.35. The van der Waals surface area contributed by atoms with Crippen molar-refractivity contribution in [3.8, 4) is 0 Å². The van der Waals surface area contributed by atoms with E-state index < -0.39 is 0 Å². The maximum atomic E-state index is 11.9. The van der Waals surface area contributed by atoms with Gasteiger partial charge < -0.3 is 0 Å². The highest BCUT2D eigenvalue weighted by molar-refractivity contribution is 9.10. The molecule has 1 aromatic heterocycles. The van der Waals surface area contributed by atoms with Crippen LogP contribution in [0.5, 0.6) is 0 Å². The molecule has 0 aliphatic carbocycles. The molecule has 0 aliphatic heterocycles. The van der Waals surface area contributed by atoms with Crippen molar-refractivity contribution in [3.63, 3.8) is 0 Å². The molecule has 1 aromatic carbocycles. The number of halogens is 1. The molecule has 2 nitrogen and oxygen atoms in total. The Morgan fingerprint density at radius 1 is 1.28 bits per heavy atom. The summed E-state index contributed by atoms with van der Waals surface area (Å²) in [6.45, 7) is 2.01. The van der Waals surface area contributed by atoms with Gasteiger partial charge in [0.25, 0.3) is 0 Å². The largest absolute Gasteiger partial charge is 0.289 e. The van der Waals surface area contributed by atoms with Crippen molar-refractivity contribution in [2.24, 2.45) is 0 Å². The summed E-state index contributed by atoms with van der Waals surface area (Å²) in [5.41, 5.74) is 1.82. The molecule has 3 heteroatoms. The smallest absolute Gasteiger partial charge is 0.191 e. The number of hydrogen-bond donors (Lipinski definition) is 0. The van der Waals surface area contributed by atoms with E-state index in [1.54, 1.807) is 18.3 Å². The molecule has 0 amide bonds. The molecule has 2 rings (SSSR count). The summed E-state index contributed by atoms with van der Waals surface area (Å²) < 4.78 is 2.77. The fourth-order valence-electron chi connectivity index (χ4n) is 1.60. The number of carbonyl (C=O) groups is 1. The van der Waals surface area contributed by atoms with Gasteiger partial charge in [-0.25, -0.2) is 0 Å². The standard InChI is InChI=1S/C15H13BrNO/c1-12-4-3-8-17(11-12)9-7-15(18)13-5-2-6-14(16)10-13/h2-11H,1H3/q+1. The minimum absolute atomic E-state index is 0.00898. The van der Waals surface area contributed by atoms with E-state index in [0.29, 0.717) is 5.56 Å². The summed E-state index contributed by atoms with van der Waals surface area (Å²) in [5.74, 6) is -0.00898. The second-order valence-electron chi connectivity index (χ2n) is 4.02. The quantitative estimate of drug-likeness (QED) is 0.484. The van der Waals surface area contributed by atoms with E-state index >= 15 is 0 Å². The van der Waals surface area contributed by atoms with Gasteiger partial charge in [0, 0.05) is 21.7 Å². The van der Waals surface area contributed by atoms with Gasteiger partial charge in [-0.15, -0.1) is 0 Å². The normalized spacial score (nSPS) is 10.8. The van der Waals surface area contributed by atoms with Crippen molar-refractivity contribution < 1.29 is 9.36 Å². The Labute approximate surface area is 115 Å². The van der Waals surface area contributed by atoms with Crippen molar-refractivity contribution in [2.75, 3.05) is 0 Å². The molecular formula is C15H13BrNO+. The zero-order valence-electron chi connectivity index (χ0n) is 10.0. The Balaban J connectivity index is 2.17. The zero-order chi connectivity index (χ0) is 13.0. The molecule has 1 heterocycles. The van der Waals surface area contributed by atoms with Crippen LogP contribution in [0.1, 0.15) is 15.9 Å². The maximum Gasteiger partial charge on any atom is 0.191 e. The molecule has 0 spiro atoms. The Morgan fingerprint density at radius 2 is 2.11 bits per heavy atom. The summed E-state index contributed by atoms with van der Waals surface area (Å²) in [5, 5.41) is 0. The third-order valence-electron chi connectivity index (χ3n) is 2.48. The van der Waals surface area contributed by atoms with Crippen LogP contribution >= 0.6 is 15.9 Å². The number of pyridine rings is 1. The van der Waals surface area contributed by atoms with E-state index in [1.165, 1.54) is 0 Å². The minimum atomic E-state index is -0.00898. The number of aromatic nitrogens is 1. The first-order chi connectivity index (χ1) is 8.65. The SMILES string of the molecule is Cc1ccc[n+](C=CC(=O)c2cccc(Br)c2)c1. The highest BCUT2D eigenvalue weighted by Crippen LogP contribution is 2.12. The van der Waals surface area contributed by atoms with E-state index in [0.717, 1.165) is 10.0 Å². The minimum Gasteiger partial charge on any atom is -0.289 e. The highest BCUT2D eigenvalue weighted by atomic mass is 79.9. The van der Waals surface area contributed by atoms with Crippen LogP contribution in [-0.2, 0) is 0 Å². The molecule has 0 aliphatic rings. The van der Waals surface area contributed by atoms with Crippen LogP contribution in [-0.4, -0.2) is 5.78 Å². The molecule has 0 saturated heterocycles. The molecule has 90 valence electrons. The van der Waals surface area contributed by atoms with Gasteiger partial charge in [0.05, 0.1) is 6.08 Å². The van der Waals surface area contributed by atoms with Gasteiger partial charge in [-0.1, -0.05) is 28.1 Å². The molecule has 18 heavy (non-hydrogen) atoms. The maximum absolute atomic E-state index is 11.9. The second-order valence-corrected chi connectivity index (χ2v) is 4.93. The Kier molecular flexibility index (Phi) is 4.05. The number of ketones is 1. The van der Waals surface area contributed by atoms with Crippen molar-refractivity contribution in [1.82, 2.24) is 0 Å². The van der Waals surface area contributed by atoms with Gasteiger partial charge in [-0.3, -0.25) is 4.79 Å². The lowest BCUT2D eigenvalue weighted by Crippen LogP contribution is -2.25. The third-order valence-corrected chi connectivity index (χ3v) is 2.97. The van der Waals surface area contributed by atoms with Crippen LogP contribution in [0.3, 0.4) is 0 Å². The first-order valence-corrected chi connectivity index (χ1v) is 6.40. The van der Waals surface area contributed by atoms with Crippen LogP contribution in [0.4, 0.5) is 0 Å². The molecule has 0 bridgehead atoms. The summed E-state index contributed by atoms with van der Waals surface area (Å²) in [6.07, 6.45) is 7.19. The molecular weight excluding hydrogens is 290 g/mol. The number of allylic oxidation sites excluding steroid dienone is 1.